The Balaban J connectivity index is 1.66. The van der Waals surface area contributed by atoms with Gasteiger partial charge in [-0.2, -0.15) is 0 Å². The molecule has 5 rings (SSSR count). The van der Waals surface area contributed by atoms with Crippen LogP contribution in [-0.2, 0) is 33.4 Å². The summed E-state index contributed by atoms with van der Waals surface area (Å²) in [6.45, 7) is 9.04. The van der Waals surface area contributed by atoms with E-state index in [2.05, 4.69) is 0 Å². The molecule has 208 valence electrons. The number of ether oxygens (including phenoxy) is 3. The van der Waals surface area contributed by atoms with Crippen LogP contribution in [-0.4, -0.2) is 47.6 Å². The van der Waals surface area contributed by atoms with Gasteiger partial charge in [-0.1, -0.05) is 27.7 Å². The molecule has 0 radical (unpaired) electrons. The molecule has 3 aliphatic carbocycles. The molecule has 4 aliphatic rings. The van der Waals surface area contributed by atoms with Crippen molar-refractivity contribution >= 4 is 23.7 Å². The zero-order chi connectivity index (χ0) is 27.8. The Morgan fingerprint density at radius 1 is 1.16 bits per heavy atom. The SMILES string of the molecule is COC(=O)C[C@H]1C(C)(C)[C@H](OC(C)=O)[C@@H]2C[C@@]3(O)C(CC[C@]4(C)[C@H]3CC(=O)O[C@H]4c3ccoc3)[C@@]1(C)C2=O. The lowest BCUT2D eigenvalue weighted by Gasteiger charge is -2.69. The lowest BCUT2D eigenvalue weighted by molar-refractivity contribution is -0.278. The number of esters is 3. The number of aliphatic hydroxyl groups is 1. The summed E-state index contributed by atoms with van der Waals surface area (Å²) >= 11 is 0. The summed E-state index contributed by atoms with van der Waals surface area (Å²) in [5.74, 6) is -3.85. The summed E-state index contributed by atoms with van der Waals surface area (Å²) in [6.07, 6.45) is 2.81. The first-order chi connectivity index (χ1) is 17.7. The highest BCUT2D eigenvalue weighted by Gasteiger charge is 2.75. The summed E-state index contributed by atoms with van der Waals surface area (Å²) in [5.41, 5.74) is -3.16. The van der Waals surface area contributed by atoms with Crippen molar-refractivity contribution in [3.8, 4) is 0 Å². The highest BCUT2D eigenvalue weighted by Crippen LogP contribution is 2.71. The zero-order valence-corrected chi connectivity index (χ0v) is 22.9. The second-order valence-corrected chi connectivity index (χ2v) is 12.9. The fourth-order valence-corrected chi connectivity index (χ4v) is 9.18. The molecule has 1 aromatic heterocycles. The van der Waals surface area contributed by atoms with Crippen LogP contribution in [0.1, 0.15) is 78.4 Å². The quantitative estimate of drug-likeness (QED) is 0.457. The predicted molar refractivity (Wildman–Crippen MR) is 132 cm³/mol. The van der Waals surface area contributed by atoms with Crippen LogP contribution in [0.4, 0.5) is 0 Å². The molecule has 9 nitrogen and oxygen atoms in total. The first-order valence-corrected chi connectivity index (χ1v) is 13.4. The molecule has 3 saturated carbocycles. The van der Waals surface area contributed by atoms with E-state index in [4.69, 9.17) is 18.6 Å². The van der Waals surface area contributed by atoms with Gasteiger partial charge in [0.15, 0.2) is 0 Å². The Bertz CT molecular complexity index is 1150. The number of ketones is 1. The van der Waals surface area contributed by atoms with Gasteiger partial charge >= 0.3 is 17.9 Å². The van der Waals surface area contributed by atoms with Gasteiger partial charge < -0.3 is 23.7 Å². The minimum atomic E-state index is -1.43. The van der Waals surface area contributed by atoms with Crippen molar-refractivity contribution in [1.82, 2.24) is 0 Å². The van der Waals surface area contributed by atoms with Crippen LogP contribution in [0.25, 0.3) is 0 Å². The van der Waals surface area contributed by atoms with E-state index >= 15 is 0 Å². The Hall–Kier alpha value is -2.68. The van der Waals surface area contributed by atoms with Crippen LogP contribution in [0.5, 0.6) is 0 Å². The van der Waals surface area contributed by atoms with E-state index in [9.17, 15) is 24.3 Å². The fourth-order valence-electron chi connectivity index (χ4n) is 9.18. The highest BCUT2D eigenvalue weighted by atomic mass is 16.6. The number of furan rings is 1. The highest BCUT2D eigenvalue weighted by molar-refractivity contribution is 5.92. The molecule has 1 unspecified atom stereocenters. The predicted octanol–water partition coefficient (Wildman–Crippen LogP) is 3.78. The van der Waals surface area contributed by atoms with Gasteiger partial charge in [-0.15, -0.1) is 0 Å². The van der Waals surface area contributed by atoms with Crippen molar-refractivity contribution in [3.63, 3.8) is 0 Å². The Morgan fingerprint density at radius 3 is 2.47 bits per heavy atom. The van der Waals surface area contributed by atoms with Gasteiger partial charge in [-0.25, -0.2) is 0 Å². The molecule has 1 aromatic rings. The van der Waals surface area contributed by atoms with Crippen LogP contribution in [0.3, 0.4) is 0 Å². The van der Waals surface area contributed by atoms with Gasteiger partial charge in [0.25, 0.3) is 0 Å². The third kappa shape index (κ3) is 3.53. The van der Waals surface area contributed by atoms with Crippen LogP contribution in [0.15, 0.2) is 23.0 Å². The maximum atomic E-state index is 14.3. The number of rotatable bonds is 4. The molecule has 1 aliphatic heterocycles. The van der Waals surface area contributed by atoms with Gasteiger partial charge in [-0.05, 0) is 31.2 Å². The van der Waals surface area contributed by atoms with Crippen molar-refractivity contribution in [3.05, 3.63) is 24.2 Å². The number of cyclic esters (lactones) is 1. The number of Topliss-reactive ketones (excluding diaryl/α,β-unsaturated/α-hetero) is 1. The monoisotopic (exact) mass is 530 g/mol. The molecule has 2 bridgehead atoms. The van der Waals surface area contributed by atoms with Crippen molar-refractivity contribution in [2.75, 3.05) is 7.11 Å². The van der Waals surface area contributed by atoms with Crippen molar-refractivity contribution in [2.24, 2.45) is 39.9 Å². The Kier molecular flexibility index (Phi) is 6.13. The van der Waals surface area contributed by atoms with Gasteiger partial charge in [0.1, 0.15) is 18.0 Å². The normalized spacial score (nSPS) is 43.3. The molecule has 0 spiro atoms. The van der Waals surface area contributed by atoms with Crippen molar-refractivity contribution in [1.29, 1.82) is 0 Å². The maximum absolute atomic E-state index is 14.3. The second kappa shape index (κ2) is 8.66. The van der Waals surface area contributed by atoms with E-state index in [-0.39, 0.29) is 25.0 Å². The van der Waals surface area contributed by atoms with E-state index in [1.165, 1.54) is 20.3 Å². The molecule has 9 atom stereocenters. The third-order valence-corrected chi connectivity index (χ3v) is 10.8. The number of fused-ring (bicyclic) bond motifs is 6. The standard InChI is InChI=1S/C29H38O9/c1-15(30)37-25-17-13-29(34)18(28(5,23(17)33)19(26(25,2)3)11-21(31)35-6)7-9-27(4)20(29)12-22(32)38-24(27)16-8-10-36-14-16/h8,10,14,17-20,24-25,34H,7,9,11-13H2,1-6H3/t17-,18?,19+,20-,24+,25-,27-,28-,29-/m1/s1. The summed E-state index contributed by atoms with van der Waals surface area (Å²) in [4.78, 5) is 52.2. The van der Waals surface area contributed by atoms with Gasteiger partial charge in [0.2, 0.25) is 0 Å². The van der Waals surface area contributed by atoms with E-state index < -0.39 is 75.6 Å². The summed E-state index contributed by atoms with van der Waals surface area (Å²) < 4.78 is 22.0. The van der Waals surface area contributed by atoms with Crippen molar-refractivity contribution in [2.45, 2.75) is 84.5 Å². The smallest absolute Gasteiger partial charge is 0.306 e. The van der Waals surface area contributed by atoms with Crippen LogP contribution in [0.2, 0.25) is 0 Å². The molecule has 0 amide bonds. The topological polar surface area (TPSA) is 129 Å². The van der Waals surface area contributed by atoms with Gasteiger partial charge in [0.05, 0.1) is 37.6 Å². The lowest BCUT2D eigenvalue weighted by atomic mass is 9.36. The fraction of sp³-hybridized carbons (Fsp3) is 0.724. The third-order valence-electron chi connectivity index (χ3n) is 10.8. The molecule has 1 N–H and O–H groups in total. The summed E-state index contributed by atoms with van der Waals surface area (Å²) in [5, 5.41) is 12.8. The van der Waals surface area contributed by atoms with E-state index in [1.807, 2.05) is 27.7 Å². The number of hydrogen-bond acceptors (Lipinski definition) is 9. The molecule has 0 aromatic carbocycles. The first-order valence-electron chi connectivity index (χ1n) is 13.4. The van der Waals surface area contributed by atoms with E-state index in [0.29, 0.717) is 12.8 Å². The van der Waals surface area contributed by atoms with Crippen LogP contribution >= 0.6 is 0 Å². The molecule has 2 heterocycles. The first kappa shape index (κ1) is 26.9. The number of carbonyl (C=O) groups is 4. The van der Waals surface area contributed by atoms with Crippen LogP contribution < -0.4 is 0 Å². The Morgan fingerprint density at radius 2 is 1.87 bits per heavy atom. The molecule has 4 fully saturated rings. The summed E-state index contributed by atoms with van der Waals surface area (Å²) in [7, 11) is 1.31. The van der Waals surface area contributed by atoms with E-state index in [1.54, 1.807) is 12.3 Å². The Labute approximate surface area is 222 Å². The molecule has 1 saturated heterocycles. The largest absolute Gasteiger partial charge is 0.472 e. The second-order valence-electron chi connectivity index (χ2n) is 12.9. The number of hydrogen-bond donors (Lipinski definition) is 1. The van der Waals surface area contributed by atoms with Gasteiger partial charge in [0, 0.05) is 47.0 Å². The average molecular weight is 531 g/mol. The number of methoxy groups -OCH3 is 1. The molecular weight excluding hydrogens is 492 g/mol. The van der Waals surface area contributed by atoms with Gasteiger partial charge in [-0.3, -0.25) is 19.2 Å². The average Bonchev–Trinajstić information content (AvgIpc) is 3.37. The lowest BCUT2D eigenvalue weighted by Crippen LogP contribution is -2.75. The van der Waals surface area contributed by atoms with Crippen molar-refractivity contribution < 1.29 is 42.9 Å². The molecular formula is C29H38O9. The number of carbonyl (C=O) groups excluding carboxylic acids is 4. The zero-order valence-electron chi connectivity index (χ0n) is 22.9. The maximum Gasteiger partial charge on any atom is 0.306 e. The minimum absolute atomic E-state index is 0.0120. The van der Waals surface area contributed by atoms with E-state index in [0.717, 1.165) is 5.56 Å². The molecule has 38 heavy (non-hydrogen) atoms. The summed E-state index contributed by atoms with van der Waals surface area (Å²) in [6, 6.07) is 1.77. The molecule has 9 heteroatoms. The van der Waals surface area contributed by atoms with Crippen LogP contribution in [0, 0.1) is 39.9 Å². The minimum Gasteiger partial charge on any atom is -0.472 e.